The van der Waals surface area contributed by atoms with Crippen molar-refractivity contribution in [3.8, 4) is 22.4 Å². The minimum Gasteiger partial charge on any atom is -0.363 e. The van der Waals surface area contributed by atoms with Crippen molar-refractivity contribution >= 4 is 17.5 Å². The third kappa shape index (κ3) is 4.28. The number of aryl methyl sites for hydroxylation is 1. The molecule has 0 fully saturated rings. The summed E-state index contributed by atoms with van der Waals surface area (Å²) >= 11 is 0. The number of hydrogen-bond acceptors (Lipinski definition) is 5. The number of hydrogen-bond donors (Lipinski definition) is 3. The van der Waals surface area contributed by atoms with Crippen molar-refractivity contribution in [2.75, 3.05) is 37.8 Å². The second-order valence-electron chi connectivity index (χ2n) is 8.97. The summed E-state index contributed by atoms with van der Waals surface area (Å²) in [7, 11) is 3.45. The molecule has 1 aromatic carbocycles. The Balaban J connectivity index is 1.48. The fourth-order valence-corrected chi connectivity index (χ4v) is 4.62. The van der Waals surface area contributed by atoms with Crippen LogP contribution in [-0.2, 0) is 13.0 Å². The third-order valence-electron chi connectivity index (χ3n) is 6.51. The Hall–Kier alpha value is -3.65. The molecule has 3 aromatic rings. The average molecular weight is 458 g/mol. The molecule has 4 heterocycles. The lowest BCUT2D eigenvalue weighted by molar-refractivity contribution is 0.230. The van der Waals surface area contributed by atoms with Crippen LogP contribution in [0.5, 0.6) is 0 Å². The predicted molar refractivity (Wildman–Crippen MR) is 136 cm³/mol. The molecule has 3 N–H and O–H groups in total. The Kier molecular flexibility index (Phi) is 6.06. The average Bonchev–Trinajstić information content (AvgIpc) is 3.49. The van der Waals surface area contributed by atoms with Gasteiger partial charge in [0.25, 0.3) is 0 Å². The number of benzene rings is 1. The summed E-state index contributed by atoms with van der Waals surface area (Å²) in [5.41, 5.74) is 7.69. The molecule has 0 aliphatic carbocycles. The number of rotatable bonds is 5. The van der Waals surface area contributed by atoms with E-state index in [9.17, 15) is 4.79 Å². The van der Waals surface area contributed by atoms with E-state index in [2.05, 4.69) is 46.2 Å². The number of nitrogens with zero attached hydrogens (tertiary/aromatic N) is 4. The normalized spacial score (nSPS) is 17.0. The van der Waals surface area contributed by atoms with Gasteiger partial charge in [-0.25, -0.2) is 9.78 Å². The maximum Gasteiger partial charge on any atom is 0.321 e. The van der Waals surface area contributed by atoms with Gasteiger partial charge in [0.2, 0.25) is 0 Å². The van der Waals surface area contributed by atoms with Gasteiger partial charge in [0, 0.05) is 68.4 Å². The maximum absolute atomic E-state index is 12.0. The van der Waals surface area contributed by atoms with Crippen LogP contribution < -0.4 is 16.0 Å². The van der Waals surface area contributed by atoms with Crippen molar-refractivity contribution in [3.05, 3.63) is 59.9 Å². The second-order valence-corrected chi connectivity index (χ2v) is 8.97. The lowest BCUT2D eigenvalue weighted by atomic mass is 9.93. The van der Waals surface area contributed by atoms with Crippen LogP contribution in [0.15, 0.2) is 54.4 Å². The molecule has 0 radical (unpaired) electrons. The monoisotopic (exact) mass is 457 g/mol. The topological polar surface area (TPSA) is 87.1 Å². The summed E-state index contributed by atoms with van der Waals surface area (Å²) in [6, 6.07) is 10.1. The second kappa shape index (κ2) is 9.30. The number of fused-ring (bicyclic) bond motifs is 1. The number of anilines is 2. The van der Waals surface area contributed by atoms with Gasteiger partial charge in [-0.2, -0.15) is 5.10 Å². The lowest BCUT2D eigenvalue weighted by Gasteiger charge is -2.20. The summed E-state index contributed by atoms with van der Waals surface area (Å²) < 4.78 is 1.98. The van der Waals surface area contributed by atoms with Crippen LogP contribution >= 0.6 is 0 Å². The smallest absolute Gasteiger partial charge is 0.321 e. The summed E-state index contributed by atoms with van der Waals surface area (Å²) in [6.07, 6.45) is 8.31. The van der Waals surface area contributed by atoms with Crippen molar-refractivity contribution in [3.63, 3.8) is 0 Å². The first-order valence-corrected chi connectivity index (χ1v) is 11.8. The van der Waals surface area contributed by atoms with E-state index in [1.807, 2.05) is 35.1 Å². The first-order chi connectivity index (χ1) is 16.5. The van der Waals surface area contributed by atoms with Crippen LogP contribution in [-0.4, -0.2) is 58.9 Å². The minimum absolute atomic E-state index is 0.151. The molecule has 5 rings (SSSR count). The molecular weight excluding hydrogens is 426 g/mol. The Morgan fingerprint density at radius 1 is 1.21 bits per heavy atom. The third-order valence-corrected chi connectivity index (χ3v) is 6.51. The number of nitrogens with one attached hydrogen (secondary N) is 3. The Labute approximate surface area is 200 Å². The zero-order chi connectivity index (χ0) is 23.7. The lowest BCUT2D eigenvalue weighted by Crippen LogP contribution is -2.28. The van der Waals surface area contributed by atoms with Crippen LogP contribution in [0.2, 0.25) is 0 Å². The highest BCUT2D eigenvalue weighted by Gasteiger charge is 2.29. The van der Waals surface area contributed by atoms with Gasteiger partial charge in [-0.3, -0.25) is 4.68 Å². The van der Waals surface area contributed by atoms with Crippen LogP contribution in [0.4, 0.5) is 16.3 Å². The van der Waals surface area contributed by atoms with E-state index in [1.165, 1.54) is 21.6 Å². The quantitative estimate of drug-likeness (QED) is 0.505. The van der Waals surface area contributed by atoms with E-state index >= 15 is 0 Å². The van der Waals surface area contributed by atoms with Gasteiger partial charge in [-0.15, -0.1) is 0 Å². The van der Waals surface area contributed by atoms with Crippen LogP contribution in [0.1, 0.15) is 18.9 Å². The zero-order valence-electron chi connectivity index (χ0n) is 19.9. The molecule has 2 aliphatic rings. The first kappa shape index (κ1) is 22.2. The number of carbonyl (C=O) groups excluding carboxylic acids is 1. The van der Waals surface area contributed by atoms with Crippen LogP contribution in [0.3, 0.4) is 0 Å². The molecule has 2 amide bonds. The van der Waals surface area contributed by atoms with Crippen molar-refractivity contribution in [1.82, 2.24) is 25.0 Å². The first-order valence-electron chi connectivity index (χ1n) is 11.8. The van der Waals surface area contributed by atoms with Crippen molar-refractivity contribution in [2.24, 2.45) is 0 Å². The molecule has 2 aliphatic heterocycles. The molecule has 0 saturated heterocycles. The van der Waals surface area contributed by atoms with E-state index in [4.69, 9.17) is 5.10 Å². The summed E-state index contributed by atoms with van der Waals surface area (Å²) in [5, 5.41) is 14.8. The minimum atomic E-state index is -0.151. The van der Waals surface area contributed by atoms with Gasteiger partial charge in [0.1, 0.15) is 11.5 Å². The number of urea groups is 1. The maximum atomic E-state index is 12.0. The largest absolute Gasteiger partial charge is 0.363 e. The number of carbonyl (C=O) groups is 1. The predicted octanol–water partition coefficient (Wildman–Crippen LogP) is 3.98. The van der Waals surface area contributed by atoms with Crippen LogP contribution in [0, 0.1) is 0 Å². The van der Waals surface area contributed by atoms with Crippen LogP contribution in [0.25, 0.3) is 22.4 Å². The molecule has 2 aromatic heterocycles. The molecular formula is C26H31N7O. The molecule has 0 saturated carbocycles. The Morgan fingerprint density at radius 3 is 2.74 bits per heavy atom. The fourth-order valence-electron chi connectivity index (χ4n) is 4.62. The Bertz CT molecular complexity index is 1230. The SMILES string of the molecule is CCn1cc(-c2ccnc3c2CC(C2=CCNCC2)N3)c(-c2ccc(NC(=O)N(C)C)cc2)n1. The molecule has 8 heteroatoms. The van der Waals surface area contributed by atoms with Gasteiger partial charge in [0.05, 0.1) is 6.04 Å². The van der Waals surface area contributed by atoms with Crippen molar-refractivity contribution in [2.45, 2.75) is 32.4 Å². The summed E-state index contributed by atoms with van der Waals surface area (Å²) in [5.74, 6) is 0.971. The van der Waals surface area contributed by atoms with Gasteiger partial charge >= 0.3 is 6.03 Å². The molecule has 1 atom stereocenters. The molecule has 8 nitrogen and oxygen atoms in total. The van der Waals surface area contributed by atoms with Gasteiger partial charge < -0.3 is 20.9 Å². The summed E-state index contributed by atoms with van der Waals surface area (Å²) in [4.78, 5) is 18.1. The highest BCUT2D eigenvalue weighted by Crippen LogP contribution is 2.39. The van der Waals surface area contributed by atoms with E-state index in [1.54, 1.807) is 14.1 Å². The Morgan fingerprint density at radius 2 is 2.03 bits per heavy atom. The number of aromatic nitrogens is 3. The fraction of sp³-hybridized carbons (Fsp3) is 0.346. The van der Waals surface area contributed by atoms with E-state index < -0.39 is 0 Å². The molecule has 0 bridgehead atoms. The van der Waals surface area contributed by atoms with Gasteiger partial charge in [-0.1, -0.05) is 18.2 Å². The zero-order valence-corrected chi connectivity index (χ0v) is 19.9. The highest BCUT2D eigenvalue weighted by molar-refractivity contribution is 5.90. The molecule has 0 spiro atoms. The summed E-state index contributed by atoms with van der Waals surface area (Å²) in [6.45, 7) is 4.85. The van der Waals surface area contributed by atoms with E-state index in [-0.39, 0.29) is 6.03 Å². The molecule has 34 heavy (non-hydrogen) atoms. The van der Waals surface area contributed by atoms with Crippen molar-refractivity contribution < 1.29 is 4.79 Å². The molecule has 176 valence electrons. The van der Waals surface area contributed by atoms with Crippen molar-refractivity contribution in [1.29, 1.82) is 0 Å². The molecule has 1 unspecified atom stereocenters. The number of pyridine rings is 1. The number of amides is 2. The van der Waals surface area contributed by atoms with E-state index in [0.717, 1.165) is 60.8 Å². The van der Waals surface area contributed by atoms with Gasteiger partial charge in [0.15, 0.2) is 0 Å². The van der Waals surface area contributed by atoms with Gasteiger partial charge in [-0.05, 0) is 49.2 Å². The standard InChI is InChI=1S/C26H31N7O/c1-4-33-16-22(24(31-33)18-5-7-19(8-6-18)29-26(34)32(2)3)20-11-14-28-25-21(20)15-23(30-25)17-9-12-27-13-10-17/h5-9,11,14,16,23,27H,4,10,12-13,15H2,1-3H3,(H,28,30)(H,29,34). The van der Waals surface area contributed by atoms with E-state index in [0.29, 0.717) is 6.04 Å². The highest BCUT2D eigenvalue weighted by atomic mass is 16.2.